The van der Waals surface area contributed by atoms with Gasteiger partial charge in [-0.1, -0.05) is 6.92 Å². The number of carbonyl (C=O) groups excluding carboxylic acids is 3. The van der Waals surface area contributed by atoms with E-state index < -0.39 is 52.0 Å². The summed E-state index contributed by atoms with van der Waals surface area (Å²) in [6, 6.07) is 1.48. The van der Waals surface area contributed by atoms with Gasteiger partial charge in [0.2, 0.25) is 5.78 Å². The zero-order valence-corrected chi connectivity index (χ0v) is 22.6. The minimum atomic E-state index is -2.59. The van der Waals surface area contributed by atoms with Gasteiger partial charge < -0.3 is 35.6 Å². The average molecular weight is 545 g/mol. The summed E-state index contributed by atoms with van der Waals surface area (Å²) in [4.78, 5) is 40.1. The standard InChI is InChI=1S/C28H36N2O9/c1-5-30(6-7-39-13(2)3)12-15-10-18(31)21-17(24(15)38-4)9-14-8-16-11-19(32)22(27(29)36)26(35)28(16,37)25(34)20(14)23(21)33/h10,13-14,16,31,33,35,37H,5-9,11-12H2,1-4H3,(H2,29,36)/t14?,16-,28-/m0/s1. The molecule has 0 heterocycles. The Labute approximate surface area is 226 Å². The molecule has 39 heavy (non-hydrogen) atoms. The molecule has 0 spiro atoms. The first-order chi connectivity index (χ1) is 18.4. The Bertz CT molecular complexity index is 1280. The normalized spacial score (nSPS) is 24.7. The van der Waals surface area contributed by atoms with Crippen LogP contribution in [0.15, 0.2) is 23.0 Å². The molecule has 212 valence electrons. The second-order valence-electron chi connectivity index (χ2n) is 10.6. The number of carbonyl (C=O) groups is 3. The summed E-state index contributed by atoms with van der Waals surface area (Å²) in [5, 5.41) is 44.3. The summed E-state index contributed by atoms with van der Waals surface area (Å²) in [6.07, 6.45) is -0.0225. The number of rotatable bonds is 9. The van der Waals surface area contributed by atoms with Crippen LogP contribution < -0.4 is 10.5 Å². The first-order valence-electron chi connectivity index (χ1n) is 13.1. The van der Waals surface area contributed by atoms with E-state index in [-0.39, 0.29) is 42.3 Å². The monoisotopic (exact) mass is 544 g/mol. The molecule has 11 heteroatoms. The van der Waals surface area contributed by atoms with Gasteiger partial charge in [-0.05, 0) is 45.2 Å². The fraction of sp³-hybridized carbons (Fsp3) is 0.536. The van der Waals surface area contributed by atoms with E-state index in [1.165, 1.54) is 13.2 Å². The van der Waals surface area contributed by atoms with Crippen molar-refractivity contribution in [3.8, 4) is 11.5 Å². The van der Waals surface area contributed by atoms with Gasteiger partial charge in [-0.25, -0.2) is 0 Å². The van der Waals surface area contributed by atoms with Crippen molar-refractivity contribution in [2.75, 3.05) is 26.8 Å². The van der Waals surface area contributed by atoms with Crippen molar-refractivity contribution in [1.29, 1.82) is 0 Å². The van der Waals surface area contributed by atoms with E-state index in [9.17, 15) is 34.8 Å². The van der Waals surface area contributed by atoms with Gasteiger partial charge in [-0.2, -0.15) is 0 Å². The SMILES string of the molecule is CCN(CCOC(C)C)Cc1cc(O)c2c(c1OC)CC1C[C@H]3CC(=O)C(C(N)=O)=C(O)[C@@]3(O)C(=O)C1=C2O. The molecule has 1 unspecified atom stereocenters. The van der Waals surface area contributed by atoms with Gasteiger partial charge in [0.25, 0.3) is 5.91 Å². The number of fused-ring (bicyclic) bond motifs is 3. The van der Waals surface area contributed by atoms with Crippen LogP contribution >= 0.6 is 0 Å². The highest BCUT2D eigenvalue weighted by Crippen LogP contribution is 2.53. The number of aliphatic hydroxyl groups is 3. The lowest BCUT2D eigenvalue weighted by atomic mass is 9.59. The molecule has 11 nitrogen and oxygen atoms in total. The van der Waals surface area contributed by atoms with Gasteiger partial charge in [0.05, 0.1) is 25.4 Å². The summed E-state index contributed by atoms with van der Waals surface area (Å²) in [7, 11) is 1.49. The molecule has 3 aliphatic carbocycles. The molecule has 6 N–H and O–H groups in total. The van der Waals surface area contributed by atoms with Crippen LogP contribution in [-0.4, -0.2) is 81.3 Å². The minimum absolute atomic E-state index is 0.00826. The first-order valence-corrected chi connectivity index (χ1v) is 13.1. The van der Waals surface area contributed by atoms with E-state index in [1.807, 2.05) is 20.8 Å². The van der Waals surface area contributed by atoms with E-state index in [4.69, 9.17) is 15.2 Å². The summed E-state index contributed by atoms with van der Waals surface area (Å²) in [6.45, 7) is 8.27. The maximum atomic E-state index is 13.6. The lowest BCUT2D eigenvalue weighted by Crippen LogP contribution is -2.58. The van der Waals surface area contributed by atoms with Crippen LogP contribution in [0.25, 0.3) is 5.76 Å². The van der Waals surface area contributed by atoms with Gasteiger partial charge in [-0.15, -0.1) is 0 Å². The number of primary amides is 1. The Kier molecular flexibility index (Phi) is 7.79. The third kappa shape index (κ3) is 4.68. The zero-order chi connectivity index (χ0) is 28.8. The zero-order valence-electron chi connectivity index (χ0n) is 22.6. The van der Waals surface area contributed by atoms with Crippen LogP contribution in [0.5, 0.6) is 11.5 Å². The molecule has 0 aliphatic heterocycles. The van der Waals surface area contributed by atoms with Gasteiger partial charge in [-0.3, -0.25) is 19.3 Å². The quantitative estimate of drug-likeness (QED) is 0.287. The predicted octanol–water partition coefficient (Wildman–Crippen LogP) is 1.68. The predicted molar refractivity (Wildman–Crippen MR) is 140 cm³/mol. The van der Waals surface area contributed by atoms with E-state index in [1.54, 1.807) is 0 Å². The van der Waals surface area contributed by atoms with Crippen molar-refractivity contribution in [1.82, 2.24) is 4.90 Å². The summed E-state index contributed by atoms with van der Waals surface area (Å²) in [5.41, 5.74) is 2.85. The third-order valence-corrected chi connectivity index (χ3v) is 7.99. The van der Waals surface area contributed by atoms with Crippen LogP contribution in [0.1, 0.15) is 50.3 Å². The molecule has 1 saturated carbocycles. The largest absolute Gasteiger partial charge is 0.508 e. The lowest BCUT2D eigenvalue weighted by molar-refractivity contribution is -0.147. The molecule has 4 rings (SSSR count). The Morgan fingerprint density at radius 1 is 1.23 bits per heavy atom. The number of nitrogens with two attached hydrogens (primary N) is 1. The smallest absolute Gasteiger partial charge is 0.255 e. The van der Waals surface area contributed by atoms with E-state index >= 15 is 0 Å². The highest BCUT2D eigenvalue weighted by atomic mass is 16.5. The van der Waals surface area contributed by atoms with Crippen molar-refractivity contribution in [3.05, 3.63) is 39.7 Å². The van der Waals surface area contributed by atoms with Crippen LogP contribution in [0.3, 0.4) is 0 Å². The molecule has 1 aromatic carbocycles. The fourth-order valence-electron chi connectivity index (χ4n) is 6.11. The second-order valence-corrected chi connectivity index (χ2v) is 10.6. The molecule has 0 saturated heterocycles. The second kappa shape index (κ2) is 10.6. The lowest BCUT2D eigenvalue weighted by Gasteiger charge is -2.46. The Morgan fingerprint density at radius 2 is 1.92 bits per heavy atom. The van der Waals surface area contributed by atoms with Crippen molar-refractivity contribution in [3.63, 3.8) is 0 Å². The van der Waals surface area contributed by atoms with E-state index in [0.717, 1.165) is 0 Å². The highest BCUT2D eigenvalue weighted by Gasteiger charge is 2.60. The number of benzene rings is 1. The van der Waals surface area contributed by atoms with Crippen LogP contribution in [0.2, 0.25) is 0 Å². The van der Waals surface area contributed by atoms with Gasteiger partial charge in [0.1, 0.15) is 28.6 Å². The number of phenolic OH excluding ortho intramolecular Hbond substituents is 1. The maximum Gasteiger partial charge on any atom is 0.255 e. The molecule has 0 aromatic heterocycles. The number of amides is 1. The van der Waals surface area contributed by atoms with Gasteiger partial charge in [0.15, 0.2) is 11.4 Å². The number of phenols is 1. The molecule has 1 aromatic rings. The third-order valence-electron chi connectivity index (χ3n) is 7.99. The van der Waals surface area contributed by atoms with Crippen molar-refractivity contribution in [2.24, 2.45) is 17.6 Å². The number of nitrogens with zero attached hydrogens (tertiary/aromatic N) is 1. The van der Waals surface area contributed by atoms with Crippen LogP contribution in [-0.2, 0) is 32.1 Å². The Balaban J connectivity index is 1.77. The van der Waals surface area contributed by atoms with Crippen LogP contribution in [0, 0.1) is 11.8 Å². The van der Waals surface area contributed by atoms with Gasteiger partial charge >= 0.3 is 0 Å². The van der Waals surface area contributed by atoms with Crippen molar-refractivity contribution >= 4 is 23.2 Å². The highest BCUT2D eigenvalue weighted by molar-refractivity contribution is 6.22. The number of hydrogen-bond acceptors (Lipinski definition) is 10. The fourth-order valence-corrected chi connectivity index (χ4v) is 6.11. The average Bonchev–Trinajstić information content (AvgIpc) is 2.85. The number of aromatic hydroxyl groups is 1. The number of ketones is 2. The summed E-state index contributed by atoms with van der Waals surface area (Å²) >= 11 is 0. The number of hydrogen-bond donors (Lipinski definition) is 5. The molecule has 3 atom stereocenters. The number of ether oxygens (including phenoxy) is 2. The van der Waals surface area contributed by atoms with E-state index in [0.29, 0.717) is 43.1 Å². The number of aliphatic hydroxyl groups excluding tert-OH is 2. The topological polar surface area (TPSA) is 180 Å². The minimum Gasteiger partial charge on any atom is -0.508 e. The van der Waals surface area contributed by atoms with E-state index in [2.05, 4.69) is 4.90 Å². The van der Waals surface area contributed by atoms with Crippen molar-refractivity contribution < 1.29 is 44.3 Å². The number of likely N-dealkylation sites (N-methyl/N-ethyl adjacent to an activating group) is 1. The number of Topliss-reactive ketones (excluding diaryl/α,β-unsaturated/α-hetero) is 2. The molecule has 1 amide bonds. The molecule has 3 aliphatic rings. The molecule has 0 radical (unpaired) electrons. The summed E-state index contributed by atoms with van der Waals surface area (Å²) < 4.78 is 11.4. The first kappa shape index (κ1) is 28.6. The summed E-state index contributed by atoms with van der Waals surface area (Å²) in [5.74, 6) is -6.13. The maximum absolute atomic E-state index is 13.6. The molecular weight excluding hydrogens is 508 g/mol. The Morgan fingerprint density at radius 3 is 2.51 bits per heavy atom. The Hall–Kier alpha value is -3.41. The van der Waals surface area contributed by atoms with Crippen LogP contribution in [0.4, 0.5) is 0 Å². The van der Waals surface area contributed by atoms with Crippen molar-refractivity contribution in [2.45, 2.75) is 58.3 Å². The molecular formula is C28H36N2O9. The van der Waals surface area contributed by atoms with Gasteiger partial charge in [0, 0.05) is 42.1 Å². The molecule has 1 fully saturated rings. The number of methoxy groups -OCH3 is 1. The molecule has 0 bridgehead atoms.